The second-order valence-corrected chi connectivity index (χ2v) is 9.35. The first-order valence-electron chi connectivity index (χ1n) is 9.28. The van der Waals surface area contributed by atoms with E-state index in [0.717, 1.165) is 0 Å². The number of benzene rings is 1. The second kappa shape index (κ2) is 8.94. The maximum atomic E-state index is 12.8. The third-order valence-corrected chi connectivity index (χ3v) is 6.52. The fourth-order valence-corrected chi connectivity index (χ4v) is 5.15. The Morgan fingerprint density at radius 2 is 2.03 bits per heavy atom. The summed E-state index contributed by atoms with van der Waals surface area (Å²) in [5, 5.41) is 10.7. The first kappa shape index (κ1) is 23.2. The third-order valence-electron chi connectivity index (χ3n) is 4.98. The average molecular weight is 472 g/mol. The predicted octanol–water partition coefficient (Wildman–Crippen LogP) is 2.04. The van der Waals surface area contributed by atoms with Crippen LogP contribution in [-0.4, -0.2) is 52.6 Å². The van der Waals surface area contributed by atoms with Gasteiger partial charge in [0.25, 0.3) is 5.69 Å². The van der Waals surface area contributed by atoms with Crippen LogP contribution in [0.25, 0.3) is 0 Å². The van der Waals surface area contributed by atoms with Crippen LogP contribution in [0.4, 0.5) is 5.69 Å². The van der Waals surface area contributed by atoms with Crippen LogP contribution in [0.3, 0.4) is 0 Å². The fourth-order valence-electron chi connectivity index (χ4n) is 3.69. The molecule has 2 heterocycles. The first-order valence-corrected chi connectivity index (χ1v) is 11.6. The molecule has 168 valence electrons. The average Bonchev–Trinajstić information content (AvgIpc) is 2.99. The molecule has 1 fully saturated rings. The summed E-state index contributed by atoms with van der Waals surface area (Å²) in [6, 6.07) is 5.07. The number of β-lactam (4-membered cyclic amide) rings is 1. The van der Waals surface area contributed by atoms with E-state index in [4.69, 9.17) is 9.29 Å². The number of thioether (sulfide) groups is 1. The van der Waals surface area contributed by atoms with Crippen molar-refractivity contribution in [3.05, 3.63) is 50.5 Å². The number of fused-ring (bicyclic) bond motifs is 1. The molecule has 2 aliphatic rings. The molecule has 3 rings (SSSR count). The van der Waals surface area contributed by atoms with Crippen molar-refractivity contribution in [2.75, 3.05) is 5.75 Å². The standard InChI is InChI=1S/C18H20N2O9S2/c1-3-30-14-8-13-15(10(2)29-31(25,26)27)17(21)19(13)16(14)18(22)28-9-11-4-6-12(7-5-11)20(23)24/h4-7,10,13,15H,3,8-9H2,1-2H3,(H,25,26,27)/t10-,13+,15-/m0/s1. The van der Waals surface area contributed by atoms with Crippen molar-refractivity contribution in [3.63, 3.8) is 0 Å². The molecule has 1 saturated heterocycles. The van der Waals surface area contributed by atoms with Gasteiger partial charge in [0.1, 0.15) is 12.3 Å². The van der Waals surface area contributed by atoms with Gasteiger partial charge in [0, 0.05) is 23.5 Å². The number of non-ortho nitro benzene ring substituents is 1. The molecule has 0 aliphatic carbocycles. The van der Waals surface area contributed by atoms with Gasteiger partial charge in [-0.1, -0.05) is 6.92 Å². The molecule has 0 aromatic heterocycles. The van der Waals surface area contributed by atoms with Crippen molar-refractivity contribution < 1.29 is 36.4 Å². The highest BCUT2D eigenvalue weighted by atomic mass is 32.3. The summed E-state index contributed by atoms with van der Waals surface area (Å²) in [5.74, 6) is -1.39. The molecule has 1 aromatic rings. The fraction of sp³-hybridized carbons (Fsp3) is 0.444. The highest BCUT2D eigenvalue weighted by molar-refractivity contribution is 8.03. The summed E-state index contributed by atoms with van der Waals surface area (Å²) in [5.41, 5.74) is 0.567. The maximum Gasteiger partial charge on any atom is 0.397 e. The number of ether oxygens (including phenoxy) is 1. The number of carbonyl (C=O) groups is 2. The normalized spacial score (nSPS) is 21.5. The maximum absolute atomic E-state index is 12.8. The zero-order valence-electron chi connectivity index (χ0n) is 16.6. The van der Waals surface area contributed by atoms with Gasteiger partial charge in [0.15, 0.2) is 0 Å². The highest BCUT2D eigenvalue weighted by Gasteiger charge is 2.58. The summed E-state index contributed by atoms with van der Waals surface area (Å²) < 4.78 is 40.7. The number of amides is 1. The van der Waals surface area contributed by atoms with Gasteiger partial charge < -0.3 is 9.64 Å². The summed E-state index contributed by atoms with van der Waals surface area (Å²) in [6.07, 6.45) is -0.747. The van der Waals surface area contributed by atoms with Crippen molar-refractivity contribution in [1.29, 1.82) is 0 Å². The minimum atomic E-state index is -4.72. The summed E-state index contributed by atoms with van der Waals surface area (Å²) in [7, 11) is -4.72. The highest BCUT2D eigenvalue weighted by Crippen LogP contribution is 2.47. The van der Waals surface area contributed by atoms with E-state index in [0.29, 0.717) is 22.6 Å². The van der Waals surface area contributed by atoms with Crippen LogP contribution in [0.5, 0.6) is 0 Å². The van der Waals surface area contributed by atoms with Gasteiger partial charge in [0.05, 0.1) is 23.0 Å². The number of rotatable bonds is 9. The van der Waals surface area contributed by atoms with Gasteiger partial charge in [-0.25, -0.2) is 8.98 Å². The van der Waals surface area contributed by atoms with Crippen LogP contribution < -0.4 is 0 Å². The van der Waals surface area contributed by atoms with Gasteiger partial charge >= 0.3 is 16.4 Å². The van der Waals surface area contributed by atoms with Crippen LogP contribution in [0, 0.1) is 16.0 Å². The number of esters is 1. The van der Waals surface area contributed by atoms with Crippen molar-refractivity contribution in [3.8, 4) is 0 Å². The molecule has 0 saturated carbocycles. The first-order chi connectivity index (χ1) is 14.5. The monoisotopic (exact) mass is 472 g/mol. The summed E-state index contributed by atoms with van der Waals surface area (Å²) in [4.78, 5) is 37.5. The van der Waals surface area contributed by atoms with Crippen LogP contribution in [0.1, 0.15) is 25.8 Å². The molecule has 0 spiro atoms. The Kier molecular flexibility index (Phi) is 6.69. The van der Waals surface area contributed by atoms with E-state index in [1.54, 1.807) is 0 Å². The van der Waals surface area contributed by atoms with E-state index in [1.165, 1.54) is 47.9 Å². The van der Waals surface area contributed by atoms with Crippen molar-refractivity contribution in [2.45, 2.75) is 39.0 Å². The Balaban J connectivity index is 1.71. The molecule has 3 atom stereocenters. The number of hydrogen-bond donors (Lipinski definition) is 1. The molecule has 11 nitrogen and oxygen atoms in total. The van der Waals surface area contributed by atoms with E-state index in [-0.39, 0.29) is 18.0 Å². The summed E-state index contributed by atoms with van der Waals surface area (Å²) in [6.45, 7) is 3.12. The Morgan fingerprint density at radius 1 is 1.39 bits per heavy atom. The molecule has 2 aliphatic heterocycles. The number of nitrogens with zero attached hydrogens (tertiary/aromatic N) is 2. The lowest BCUT2D eigenvalue weighted by Gasteiger charge is -2.45. The van der Waals surface area contributed by atoms with E-state index in [2.05, 4.69) is 4.18 Å². The van der Waals surface area contributed by atoms with Crippen molar-refractivity contribution in [2.24, 2.45) is 5.92 Å². The topological polar surface area (TPSA) is 153 Å². The molecule has 1 amide bonds. The molecule has 0 unspecified atom stereocenters. The molecular weight excluding hydrogens is 452 g/mol. The zero-order valence-corrected chi connectivity index (χ0v) is 18.2. The molecule has 13 heteroatoms. The Hall–Kier alpha value is -2.48. The van der Waals surface area contributed by atoms with Crippen LogP contribution in [-0.2, 0) is 35.5 Å². The third kappa shape index (κ3) is 4.89. The van der Waals surface area contributed by atoms with E-state index in [1.807, 2.05) is 6.92 Å². The number of carbonyl (C=O) groups excluding carboxylic acids is 2. The smallest absolute Gasteiger partial charge is 0.397 e. The number of nitro benzene ring substituents is 1. The molecule has 0 bridgehead atoms. The van der Waals surface area contributed by atoms with E-state index >= 15 is 0 Å². The van der Waals surface area contributed by atoms with Gasteiger partial charge in [-0.05, 0) is 30.4 Å². The Labute approximate surface area is 182 Å². The Bertz CT molecular complexity index is 1040. The van der Waals surface area contributed by atoms with Crippen LogP contribution >= 0.6 is 11.8 Å². The van der Waals surface area contributed by atoms with Crippen LogP contribution in [0.2, 0.25) is 0 Å². The molecule has 31 heavy (non-hydrogen) atoms. The predicted molar refractivity (Wildman–Crippen MR) is 109 cm³/mol. The molecular formula is C18H20N2O9S2. The van der Waals surface area contributed by atoms with Crippen molar-refractivity contribution in [1.82, 2.24) is 4.90 Å². The molecule has 1 N–H and O–H groups in total. The van der Waals surface area contributed by atoms with Gasteiger partial charge in [-0.2, -0.15) is 8.42 Å². The van der Waals surface area contributed by atoms with Gasteiger partial charge in [-0.15, -0.1) is 11.8 Å². The minimum Gasteiger partial charge on any atom is -0.456 e. The molecule has 0 radical (unpaired) electrons. The minimum absolute atomic E-state index is 0.0866. The van der Waals surface area contributed by atoms with Gasteiger partial charge in [-0.3, -0.25) is 19.5 Å². The molecule has 1 aromatic carbocycles. The summed E-state index contributed by atoms with van der Waals surface area (Å²) >= 11 is 1.38. The van der Waals surface area contributed by atoms with E-state index < -0.39 is 45.3 Å². The number of nitro groups is 1. The lowest BCUT2D eigenvalue weighted by atomic mass is 9.83. The van der Waals surface area contributed by atoms with Crippen molar-refractivity contribution >= 4 is 39.7 Å². The lowest BCUT2D eigenvalue weighted by Crippen LogP contribution is -2.62. The largest absolute Gasteiger partial charge is 0.456 e. The zero-order chi connectivity index (χ0) is 22.9. The van der Waals surface area contributed by atoms with Gasteiger partial charge in [0.2, 0.25) is 5.91 Å². The SMILES string of the molecule is CCSC1=C(C(=O)OCc2ccc([N+](=O)[O-])cc2)N2C(=O)[C@@H]([C@H](C)OS(=O)(=O)O)[C@H]2C1. The van der Waals surface area contributed by atoms with E-state index in [9.17, 15) is 28.1 Å². The lowest BCUT2D eigenvalue weighted by molar-refractivity contribution is -0.384. The Morgan fingerprint density at radius 3 is 2.58 bits per heavy atom. The number of hydrogen-bond acceptors (Lipinski definition) is 9. The van der Waals surface area contributed by atoms with Crippen LogP contribution in [0.15, 0.2) is 34.9 Å². The second-order valence-electron chi connectivity index (χ2n) is 6.94. The quantitative estimate of drug-likeness (QED) is 0.186.